The highest BCUT2D eigenvalue weighted by atomic mass is 19.4. The third kappa shape index (κ3) is 200. The van der Waals surface area contributed by atoms with Gasteiger partial charge in [0.25, 0.3) is 0 Å². The molecule has 0 aromatic rings. The van der Waals surface area contributed by atoms with Crippen LogP contribution in [-0.4, -0.2) is 24.7 Å². The predicted molar refractivity (Wildman–Crippen MR) is 351 cm³/mol. The molecule has 0 amide bonds. The molecule has 0 aromatic carbocycles. The van der Waals surface area contributed by atoms with Crippen LogP contribution in [0.3, 0.4) is 0 Å². The van der Waals surface area contributed by atoms with Crippen molar-refractivity contribution in [2.24, 2.45) is 58.6 Å². The van der Waals surface area contributed by atoms with Gasteiger partial charge in [0.05, 0.1) is 0 Å². The number of unbranched alkanes of at least 4 members (excludes halogenated alkanes) is 3. The average Bonchev–Trinajstić information content (AvgIpc) is 3.74. The molecule has 0 heterocycles. The average molecular weight is 1230 g/mol. The highest BCUT2D eigenvalue weighted by molar-refractivity contribution is 4.62. The molecule has 0 saturated heterocycles. The van der Waals surface area contributed by atoms with E-state index in [9.17, 15) is 52.7 Å². The van der Waals surface area contributed by atoms with E-state index in [2.05, 4.69) is 83.1 Å². The summed E-state index contributed by atoms with van der Waals surface area (Å²) in [5, 5.41) is 0. The first kappa shape index (κ1) is 89.9. The highest BCUT2D eigenvalue weighted by Gasteiger charge is 2.32. The van der Waals surface area contributed by atoms with Gasteiger partial charge in [-0.3, -0.25) is 0 Å². The third-order valence-electron chi connectivity index (χ3n) is 10.1. The minimum Gasteiger partial charge on any atom is -0.171 e. The summed E-state index contributed by atoms with van der Waals surface area (Å²) in [7, 11) is 0. The van der Waals surface area contributed by atoms with Crippen LogP contribution in [0.5, 0.6) is 0 Å². The Morgan fingerprint density at radius 3 is 0.683 bits per heavy atom. The molecule has 518 valence electrons. The molecule has 2 saturated carbocycles. The zero-order chi connectivity index (χ0) is 76.2. The molecule has 0 unspecified atom stereocenters. The van der Waals surface area contributed by atoms with Crippen LogP contribution in [0.4, 0.5) is 52.7 Å². The predicted octanol–water partition coefficient (Wildman–Crippen LogP) is 31.2. The molecule has 82 heavy (non-hydrogen) atoms. The molecule has 0 N–H and O–H groups in total. The van der Waals surface area contributed by atoms with E-state index in [1.54, 1.807) is 41.5 Å². The van der Waals surface area contributed by atoms with Gasteiger partial charge >= 0.3 is 24.7 Å². The molecular formula is C70H154F12. The topological polar surface area (TPSA) is 0 Å². The maximum Gasteiger partial charge on any atom is 0.391 e. The van der Waals surface area contributed by atoms with Crippen LogP contribution in [0, 0.1) is 58.6 Å². The highest BCUT2D eigenvalue weighted by Crippen LogP contribution is 2.28. The minimum atomic E-state index is -4.40. The van der Waals surface area contributed by atoms with Crippen molar-refractivity contribution in [3.63, 3.8) is 0 Å². The van der Waals surface area contributed by atoms with Gasteiger partial charge in [-0.05, 0) is 46.8 Å². The maximum absolute atomic E-state index is 11.5. The number of hydrogen-bond donors (Lipinski definition) is 0. The summed E-state index contributed by atoms with van der Waals surface area (Å²) in [5.41, 5.74) is -0.229. The molecule has 0 aromatic heterocycles. The molecule has 0 radical (unpaired) electrons. The van der Waals surface area contributed by atoms with Crippen LogP contribution < -0.4 is 0 Å². The van der Waals surface area contributed by atoms with E-state index in [1.807, 2.05) is 76.2 Å². The zero-order valence-corrected chi connectivity index (χ0v) is 60.8. The molecule has 2 atom stereocenters. The van der Waals surface area contributed by atoms with Crippen molar-refractivity contribution in [1.29, 1.82) is 0 Å². The van der Waals surface area contributed by atoms with Gasteiger partial charge in [-0.25, -0.2) is 0 Å². The Balaban J connectivity index is -0.0000000649. The van der Waals surface area contributed by atoms with Gasteiger partial charge in [0.2, 0.25) is 0 Å². The van der Waals surface area contributed by atoms with Gasteiger partial charge in [0.15, 0.2) is 0 Å². The Hall–Kier alpha value is -0.840. The SMILES string of the molecule is CC.CC(C)C.CC(C)C(F)(F)F.CCC.CCC(C)C.CCCC.CCCCC.CC[C@H](C)CC(F)(F)F.CC[C@H](C)CC(F)(F)F.[2H]C(C)(C)C.[2H]C(C)(C)C(F)(F)F.[2H]C([2H])(C)C(C)(C)C.[2H]C([2H])(C)CC.[2H]C1(C)CCCC1.[2H]C1(C)CCCCC1. The fourth-order valence-electron chi connectivity index (χ4n) is 3.57. The van der Waals surface area contributed by atoms with Crippen LogP contribution in [0.25, 0.3) is 0 Å². The molecule has 2 rings (SSSR count). The van der Waals surface area contributed by atoms with Gasteiger partial charge in [-0.15, -0.1) is 0 Å². The number of halogens is 12. The number of rotatable bonds is 9. The molecule has 12 heteroatoms. The fourth-order valence-corrected chi connectivity index (χ4v) is 3.57. The summed E-state index contributed by atoms with van der Waals surface area (Å²) in [6.07, 6.45) is 2.34. The molecule has 2 aliphatic rings. The van der Waals surface area contributed by atoms with Crippen LogP contribution in [0.2, 0.25) is 0 Å². The van der Waals surface area contributed by atoms with E-state index >= 15 is 0 Å². The van der Waals surface area contributed by atoms with Crippen molar-refractivity contribution in [3.8, 4) is 0 Å². The lowest BCUT2D eigenvalue weighted by atomic mass is 9.91. The zero-order valence-electron chi connectivity index (χ0n) is 68.8. The summed E-state index contributed by atoms with van der Waals surface area (Å²) < 4.78 is 193. The number of hydrogen-bond acceptors (Lipinski definition) is 0. The van der Waals surface area contributed by atoms with E-state index in [-0.39, 0.29) is 34.9 Å². The Bertz CT molecular complexity index is 1250. The van der Waals surface area contributed by atoms with Crippen molar-refractivity contribution in [2.45, 2.75) is 401 Å². The lowest BCUT2D eigenvalue weighted by Crippen LogP contribution is -2.15. The maximum atomic E-state index is 11.5. The standard InChI is InChI=1S/C7H14.2C6H11F3.C6H12.C6H14.2C5H12.2C4H7F3.4C4H10.C3H8.C2H6/c1-7-5-3-2-4-6-7;2*1-3-5(2)4-6(7,8)9;1-6-4-2-3-5-6;1-5-6(2,3)4;1-4-5(2)3;1-3-5-4-2;2*1-3(2)4(5,6)7;2*1-4(2)3;2*1-3-4-2;1-3-2;1-2/h7H,2-6H2,1H3;2*5H,3-4H2,1-2H3;6H,2-5H2,1H3;5H2,1-4H3;5H,4H2,1-3H3;3-5H2,1-2H3;2*3H,1-2H3;2*4H,1-3H3;2*3-4H2,1-2H3;3H2,1-2H3;1-2H3/t;2*5-;;;;;;;;;;;;/m.00............/s1/i7D;;;6D;5D2;;;3D;;4D;;3D2;;;. The van der Waals surface area contributed by atoms with E-state index in [1.165, 1.54) is 77.0 Å². The molecule has 2 aliphatic carbocycles. The molecule has 0 aliphatic heterocycles. The first-order chi connectivity index (χ1) is 39.6. The smallest absolute Gasteiger partial charge is 0.171 e. The Morgan fingerprint density at radius 1 is 0.439 bits per heavy atom. The largest absolute Gasteiger partial charge is 0.391 e. The third-order valence-corrected chi connectivity index (χ3v) is 10.1. The molecule has 2 fully saturated rings. The van der Waals surface area contributed by atoms with Gasteiger partial charge in [0.1, 0.15) is 0 Å². The van der Waals surface area contributed by atoms with Gasteiger partial charge in [-0.1, -0.05) is 363 Å². The lowest BCUT2D eigenvalue weighted by molar-refractivity contribution is -0.165. The summed E-state index contributed by atoms with van der Waals surface area (Å²) in [6.45, 7) is 61.1. The van der Waals surface area contributed by atoms with Crippen molar-refractivity contribution < 1.29 is 63.7 Å². The van der Waals surface area contributed by atoms with Gasteiger partial charge in [-0.2, -0.15) is 52.7 Å². The summed E-state index contributed by atoms with van der Waals surface area (Å²) in [6, 6.07) is 0. The molecule has 0 bridgehead atoms. The second kappa shape index (κ2) is 80.2. The van der Waals surface area contributed by atoms with Crippen LogP contribution in [0.15, 0.2) is 0 Å². The van der Waals surface area contributed by atoms with Crippen LogP contribution in [-0.2, 0) is 0 Å². The normalized spacial score (nSPS) is 16.3. The monoisotopic (exact) mass is 1230 g/mol. The van der Waals surface area contributed by atoms with Crippen molar-refractivity contribution in [1.82, 2.24) is 0 Å². The molecule has 0 spiro atoms. The lowest BCUT2D eigenvalue weighted by Gasteiger charge is -2.15. The van der Waals surface area contributed by atoms with Gasteiger partial charge < -0.3 is 0 Å². The fraction of sp³-hybridized carbons (Fsp3) is 1.00. The molecular weight excluding hydrogens is 1070 g/mol. The van der Waals surface area contributed by atoms with Crippen LogP contribution in [0.1, 0.15) is 387 Å². The van der Waals surface area contributed by atoms with Crippen molar-refractivity contribution in [2.75, 3.05) is 0 Å². The Morgan fingerprint density at radius 2 is 0.634 bits per heavy atom. The first-order valence-corrected chi connectivity index (χ1v) is 31.8. The van der Waals surface area contributed by atoms with Crippen molar-refractivity contribution >= 4 is 0 Å². The van der Waals surface area contributed by atoms with Crippen molar-refractivity contribution in [3.05, 3.63) is 0 Å². The first-order valence-electron chi connectivity index (χ1n) is 35.8. The summed E-state index contributed by atoms with van der Waals surface area (Å²) >= 11 is 0. The Kier molecular flexibility index (Phi) is 87.9. The van der Waals surface area contributed by atoms with E-state index in [4.69, 9.17) is 11.0 Å². The van der Waals surface area contributed by atoms with Gasteiger partial charge in [0, 0.05) is 35.6 Å². The van der Waals surface area contributed by atoms with E-state index < -0.39 is 62.1 Å². The van der Waals surface area contributed by atoms with Crippen LogP contribution >= 0.6 is 0 Å². The second-order valence-electron chi connectivity index (χ2n) is 23.8. The molecule has 0 nitrogen and oxygen atoms in total. The quantitative estimate of drug-likeness (QED) is 0.202. The number of alkyl halides is 12. The minimum absolute atomic E-state index is 0.0556. The van der Waals surface area contributed by atoms with E-state index in [0.717, 1.165) is 65.2 Å². The second-order valence-corrected chi connectivity index (χ2v) is 23.8. The van der Waals surface area contributed by atoms with E-state index in [0.29, 0.717) is 19.3 Å². The summed E-state index contributed by atoms with van der Waals surface area (Å²) in [4.78, 5) is 0. The summed E-state index contributed by atoms with van der Waals surface area (Å²) in [5.74, 6) is -2.64. The Labute approximate surface area is 521 Å².